The number of hydrogen-bond donors (Lipinski definition) is 5. The molecule has 4 aromatic rings. The van der Waals surface area contributed by atoms with Gasteiger partial charge in [0.25, 0.3) is 12.0 Å². The molecule has 0 radical (unpaired) electrons. The summed E-state index contributed by atoms with van der Waals surface area (Å²) in [7, 11) is 6.96. The molecule has 5 N–H and O–H groups in total. The largest absolute Gasteiger partial charge is 0.497 e. The molecule has 1 amide bonds. The van der Waals surface area contributed by atoms with Crippen LogP contribution in [0, 0.1) is 16.0 Å². The third-order valence-electron chi connectivity index (χ3n) is 10.6. The molecule has 1 aliphatic carbocycles. The van der Waals surface area contributed by atoms with Gasteiger partial charge in [-0.05, 0) is 40.1 Å². The van der Waals surface area contributed by atoms with Crippen LogP contribution in [0.1, 0.15) is 22.6 Å². The van der Waals surface area contributed by atoms with E-state index in [2.05, 4.69) is 10.3 Å². The van der Waals surface area contributed by atoms with E-state index >= 15 is 0 Å². The van der Waals surface area contributed by atoms with Crippen molar-refractivity contribution in [1.29, 1.82) is 0 Å². The summed E-state index contributed by atoms with van der Waals surface area (Å²) in [6, 6.07) is 21.7. The number of amides is 1. The van der Waals surface area contributed by atoms with Crippen molar-refractivity contribution in [3.63, 3.8) is 0 Å². The fourth-order valence-corrected chi connectivity index (χ4v) is 9.74. The summed E-state index contributed by atoms with van der Waals surface area (Å²) in [6.07, 6.45) is -5.02. The van der Waals surface area contributed by atoms with Crippen molar-refractivity contribution in [1.82, 2.24) is 10.3 Å². The van der Waals surface area contributed by atoms with Crippen LogP contribution in [0.2, 0.25) is 0 Å². The number of aliphatic hydroxyl groups is 4. The summed E-state index contributed by atoms with van der Waals surface area (Å²) in [4.78, 5) is 29.0. The summed E-state index contributed by atoms with van der Waals surface area (Å²) in [5, 5.41) is 60.2. The summed E-state index contributed by atoms with van der Waals surface area (Å²) in [6.45, 7) is -0.469. The molecule has 17 nitrogen and oxygen atoms in total. The molecular weight excluding hydrogens is 811 g/mol. The van der Waals surface area contributed by atoms with Crippen molar-refractivity contribution in [3.05, 3.63) is 112 Å². The fraction of sp³-hybridized carbons (Fsp3) is 0.400. The number of carbonyl (C=O) groups excluding carboxylic acids is 1. The van der Waals surface area contributed by atoms with E-state index in [1.807, 2.05) is 6.07 Å². The van der Waals surface area contributed by atoms with Crippen molar-refractivity contribution in [2.45, 2.75) is 53.0 Å². The minimum atomic E-state index is -2.31. The van der Waals surface area contributed by atoms with Crippen LogP contribution in [0.4, 0.5) is 5.69 Å². The van der Waals surface area contributed by atoms with Gasteiger partial charge in [0.1, 0.15) is 52.5 Å². The number of methoxy groups -OCH3 is 3. The molecule has 2 aliphatic heterocycles. The Balaban J connectivity index is 1.25. The molecule has 3 aromatic carbocycles. The van der Waals surface area contributed by atoms with Gasteiger partial charge in [-0.15, -0.1) is 0 Å². The van der Waals surface area contributed by atoms with E-state index in [9.17, 15) is 35.3 Å². The van der Waals surface area contributed by atoms with Gasteiger partial charge in [-0.3, -0.25) is 14.9 Å². The first kappa shape index (κ1) is 42.4. The van der Waals surface area contributed by atoms with Gasteiger partial charge in [-0.1, -0.05) is 53.3 Å². The van der Waals surface area contributed by atoms with Gasteiger partial charge in [0.15, 0.2) is 11.2 Å². The van der Waals surface area contributed by atoms with Gasteiger partial charge in [-0.2, -0.15) is 0 Å². The molecule has 9 atom stereocenters. The van der Waals surface area contributed by atoms with Crippen LogP contribution >= 0.6 is 21.6 Å². The number of fused-ring (bicyclic) bond motifs is 3. The highest BCUT2D eigenvalue weighted by Gasteiger charge is 2.78. The number of pyridine rings is 1. The van der Waals surface area contributed by atoms with E-state index in [0.29, 0.717) is 27.7 Å². The van der Waals surface area contributed by atoms with E-state index in [-0.39, 0.29) is 41.7 Å². The van der Waals surface area contributed by atoms with E-state index < -0.39 is 71.4 Å². The van der Waals surface area contributed by atoms with Crippen molar-refractivity contribution in [2.75, 3.05) is 46.8 Å². The normalized spacial score (nSPS) is 27.5. The minimum Gasteiger partial charge on any atom is -0.497 e. The molecular formula is C40H43N3O14S2. The van der Waals surface area contributed by atoms with E-state index in [1.165, 1.54) is 67.3 Å². The number of nitrogens with one attached hydrogen (secondary N) is 1. The fourth-order valence-electron chi connectivity index (χ4n) is 7.97. The van der Waals surface area contributed by atoms with Gasteiger partial charge in [0, 0.05) is 43.5 Å². The van der Waals surface area contributed by atoms with Gasteiger partial charge in [-0.25, -0.2) is 4.98 Å². The topological polar surface area (TPSA) is 231 Å². The van der Waals surface area contributed by atoms with E-state index in [0.717, 1.165) is 0 Å². The maximum absolute atomic E-state index is 14.4. The predicted octanol–water partition coefficient (Wildman–Crippen LogP) is 3.26. The van der Waals surface area contributed by atoms with Crippen LogP contribution in [0.15, 0.2) is 90.1 Å². The number of nitrogens with zero attached hydrogens (tertiary/aromatic N) is 2. The first-order valence-corrected chi connectivity index (χ1v) is 20.8. The van der Waals surface area contributed by atoms with Crippen LogP contribution in [0.25, 0.3) is 0 Å². The Hall–Kier alpha value is -4.70. The summed E-state index contributed by atoms with van der Waals surface area (Å²) < 4.78 is 41.5. The number of rotatable bonds is 16. The zero-order chi connectivity index (χ0) is 41.9. The lowest BCUT2D eigenvalue weighted by molar-refractivity contribution is -0.385. The summed E-state index contributed by atoms with van der Waals surface area (Å²) in [5.41, 5.74) is -3.18. The Labute approximate surface area is 346 Å². The van der Waals surface area contributed by atoms with Crippen LogP contribution in [-0.4, -0.2) is 114 Å². The number of carbonyl (C=O) groups is 1. The van der Waals surface area contributed by atoms with Gasteiger partial charge in [0.2, 0.25) is 12.2 Å². The van der Waals surface area contributed by atoms with Crippen LogP contribution < -0.4 is 24.3 Å². The SMILES string of the molecule is COc1ccc(C23Oc4cc(O[C@@H]5O[C@@H]([C@H](O)CO)CO[C@H]5OC)cc(OC)c4C2(O)[C@@H](O)C(C(=O)NCCSSc2ccc([N+](=O)[O-])cn2)C3c2ccccc2)cc1. The number of aliphatic hydroxyl groups excluding tert-OH is 3. The van der Waals surface area contributed by atoms with Crippen molar-refractivity contribution >= 4 is 33.2 Å². The van der Waals surface area contributed by atoms with Gasteiger partial charge in [0.05, 0.1) is 43.8 Å². The molecule has 7 rings (SSSR count). The molecule has 3 heterocycles. The molecule has 0 bridgehead atoms. The molecule has 1 saturated carbocycles. The molecule has 59 heavy (non-hydrogen) atoms. The second-order valence-corrected chi connectivity index (χ2v) is 16.3. The monoisotopic (exact) mass is 853 g/mol. The second-order valence-electron chi connectivity index (χ2n) is 13.8. The van der Waals surface area contributed by atoms with Crippen LogP contribution in [0.3, 0.4) is 0 Å². The maximum Gasteiger partial charge on any atom is 0.287 e. The average molecular weight is 854 g/mol. The first-order valence-electron chi connectivity index (χ1n) is 18.4. The Morgan fingerprint density at radius 3 is 2.46 bits per heavy atom. The molecule has 2 fully saturated rings. The molecule has 3 aliphatic rings. The Morgan fingerprint density at radius 1 is 1.05 bits per heavy atom. The number of hydrogen-bond acceptors (Lipinski definition) is 17. The smallest absolute Gasteiger partial charge is 0.287 e. The quantitative estimate of drug-likeness (QED) is 0.0471. The lowest BCUT2D eigenvalue weighted by atomic mass is 9.70. The second kappa shape index (κ2) is 17.9. The standard InChI is InChI=1S/C40H43N3O14S2/c1-51-25-12-9-23(10-13-25)40-33(22-7-5-4-6-8-22)32(36(47)41-15-16-58-59-31-14-11-24(19-42-31)43(49)50)35(46)39(40,48)34-28(52-2)17-26(18-29(34)57-40)55-38-37(53-3)54-21-30(56-38)27(45)20-44/h4-14,17-19,27,30,32-33,35,37-38,44-46,48H,15-16,20-21H2,1-3H3,(H,41,47)/t27-,30-,32?,33?,35+,37-,38-,39?,40?/m1/s1. The maximum atomic E-state index is 14.4. The Bertz CT molecular complexity index is 2100. The lowest BCUT2D eigenvalue weighted by Crippen LogP contribution is -2.52. The van der Waals surface area contributed by atoms with Crippen molar-refractivity contribution in [3.8, 4) is 23.0 Å². The number of benzene rings is 3. The van der Waals surface area contributed by atoms with Crippen LogP contribution in [0.5, 0.6) is 23.0 Å². The van der Waals surface area contributed by atoms with Crippen LogP contribution in [-0.2, 0) is 30.2 Å². The van der Waals surface area contributed by atoms with Crippen molar-refractivity contribution in [2.24, 2.45) is 5.92 Å². The van der Waals surface area contributed by atoms with Crippen molar-refractivity contribution < 1.29 is 63.3 Å². The zero-order valence-corrected chi connectivity index (χ0v) is 33.7. The third-order valence-corrected chi connectivity index (χ3v) is 12.9. The highest BCUT2D eigenvalue weighted by atomic mass is 33.1. The molecule has 19 heteroatoms. The summed E-state index contributed by atoms with van der Waals surface area (Å²) in [5.74, 6) is -1.59. The van der Waals surface area contributed by atoms with E-state index in [4.69, 9.17) is 33.2 Å². The average Bonchev–Trinajstić information content (AvgIpc) is 3.64. The van der Waals surface area contributed by atoms with Gasteiger partial charge >= 0.3 is 0 Å². The molecule has 314 valence electrons. The lowest BCUT2D eigenvalue weighted by Gasteiger charge is -2.40. The number of nitro groups is 1. The highest BCUT2D eigenvalue weighted by Crippen LogP contribution is 2.70. The summed E-state index contributed by atoms with van der Waals surface area (Å²) >= 11 is 0. The predicted molar refractivity (Wildman–Crippen MR) is 212 cm³/mol. The Morgan fingerprint density at radius 2 is 1.81 bits per heavy atom. The highest BCUT2D eigenvalue weighted by molar-refractivity contribution is 8.76. The minimum absolute atomic E-state index is 0.0632. The zero-order valence-electron chi connectivity index (χ0n) is 32.0. The number of ether oxygens (including phenoxy) is 7. The molecule has 1 aromatic heterocycles. The molecule has 4 unspecified atom stereocenters. The first-order chi connectivity index (χ1) is 28.5. The Kier molecular flexibility index (Phi) is 12.9. The van der Waals surface area contributed by atoms with Gasteiger partial charge < -0.3 is 58.9 Å². The molecule has 1 saturated heterocycles. The van der Waals surface area contributed by atoms with E-state index in [1.54, 1.807) is 54.6 Å². The number of aromatic nitrogens is 1. The molecule has 0 spiro atoms. The third kappa shape index (κ3) is 7.78.